The minimum absolute atomic E-state index is 0.254. The summed E-state index contributed by atoms with van der Waals surface area (Å²) in [5.41, 5.74) is 0. The van der Waals surface area contributed by atoms with Crippen LogP contribution in [0.2, 0.25) is 0 Å². The van der Waals surface area contributed by atoms with E-state index in [9.17, 15) is 40.5 Å². The third-order valence-corrected chi connectivity index (χ3v) is 9.78. The molecule has 0 saturated carbocycles. The SMILES string of the molecule is CCCCC/C=C\C=C/CCCCCCCCCCCC(O)C(=O)NC(COC1OC(CO)C(O)C(O)C1O)C(O)C(O)CCCCCCCC. The first-order valence-corrected chi connectivity index (χ1v) is 20.3. The molecular formula is C40H75NO10. The van der Waals surface area contributed by atoms with Crippen molar-refractivity contribution < 1.29 is 50.0 Å². The lowest BCUT2D eigenvalue weighted by Crippen LogP contribution is -2.60. The number of allylic oxidation sites excluding steroid dienone is 4. The number of ether oxygens (including phenoxy) is 2. The molecule has 0 bridgehead atoms. The zero-order valence-electron chi connectivity index (χ0n) is 31.8. The number of hydrogen-bond acceptors (Lipinski definition) is 10. The standard InChI is InChI=1S/C40H75NO10/c1-3-5-7-9-11-12-13-14-15-16-17-18-19-20-21-22-24-26-28-33(44)39(49)41-31(35(45)32(43)27-25-23-10-8-6-4-2)30-50-40-38(48)37(47)36(46)34(29-42)51-40/h11-14,31-38,40,42-48H,3-10,15-30H2,1-2H3,(H,41,49)/b12-11-,14-13-. The first-order valence-electron chi connectivity index (χ1n) is 20.3. The van der Waals surface area contributed by atoms with Crippen LogP contribution in [0.1, 0.15) is 155 Å². The molecule has 1 aliphatic heterocycles. The van der Waals surface area contributed by atoms with Crippen molar-refractivity contribution in [2.24, 2.45) is 0 Å². The molecule has 1 saturated heterocycles. The number of unbranched alkanes of at least 4 members (excludes halogenated alkanes) is 17. The van der Waals surface area contributed by atoms with Crippen LogP contribution in [0.4, 0.5) is 0 Å². The molecule has 51 heavy (non-hydrogen) atoms. The predicted octanol–water partition coefficient (Wildman–Crippen LogP) is 5.10. The van der Waals surface area contributed by atoms with Crippen LogP contribution in [-0.2, 0) is 14.3 Å². The van der Waals surface area contributed by atoms with E-state index in [1.165, 1.54) is 57.8 Å². The summed E-state index contributed by atoms with van der Waals surface area (Å²) in [4.78, 5) is 13.0. The first kappa shape index (κ1) is 47.6. The van der Waals surface area contributed by atoms with E-state index in [-0.39, 0.29) is 6.42 Å². The highest BCUT2D eigenvalue weighted by atomic mass is 16.7. The van der Waals surface area contributed by atoms with Gasteiger partial charge in [-0.1, -0.05) is 141 Å². The first-order chi connectivity index (χ1) is 24.7. The molecule has 300 valence electrons. The Morgan fingerprint density at radius 2 is 1.18 bits per heavy atom. The molecule has 9 atom stereocenters. The van der Waals surface area contributed by atoms with Gasteiger partial charge in [0.05, 0.1) is 25.4 Å². The highest BCUT2D eigenvalue weighted by molar-refractivity contribution is 5.80. The van der Waals surface area contributed by atoms with Crippen LogP contribution in [0.5, 0.6) is 0 Å². The third kappa shape index (κ3) is 21.8. The van der Waals surface area contributed by atoms with Crippen molar-refractivity contribution in [1.82, 2.24) is 5.32 Å². The summed E-state index contributed by atoms with van der Waals surface area (Å²) < 4.78 is 11.0. The number of rotatable bonds is 32. The lowest BCUT2D eigenvalue weighted by atomic mass is 9.98. The minimum Gasteiger partial charge on any atom is -0.394 e. The molecule has 1 fully saturated rings. The molecule has 8 N–H and O–H groups in total. The molecule has 1 rings (SSSR count). The van der Waals surface area contributed by atoms with E-state index in [2.05, 4.69) is 43.5 Å². The minimum atomic E-state index is -1.66. The summed E-state index contributed by atoms with van der Waals surface area (Å²) in [7, 11) is 0. The van der Waals surface area contributed by atoms with Crippen molar-refractivity contribution >= 4 is 5.91 Å². The molecule has 1 amide bonds. The topological polar surface area (TPSA) is 189 Å². The number of amides is 1. The summed E-state index contributed by atoms with van der Waals surface area (Å²) >= 11 is 0. The number of aliphatic hydroxyl groups excluding tert-OH is 7. The highest BCUT2D eigenvalue weighted by Crippen LogP contribution is 2.23. The monoisotopic (exact) mass is 730 g/mol. The van der Waals surface area contributed by atoms with Crippen molar-refractivity contribution in [2.45, 2.75) is 210 Å². The van der Waals surface area contributed by atoms with E-state index in [1.54, 1.807) is 0 Å². The fourth-order valence-corrected chi connectivity index (χ4v) is 6.31. The smallest absolute Gasteiger partial charge is 0.249 e. The lowest BCUT2D eigenvalue weighted by molar-refractivity contribution is -0.303. The van der Waals surface area contributed by atoms with Crippen molar-refractivity contribution in [3.05, 3.63) is 24.3 Å². The van der Waals surface area contributed by atoms with Gasteiger partial charge in [0, 0.05) is 0 Å². The van der Waals surface area contributed by atoms with Gasteiger partial charge in [-0.2, -0.15) is 0 Å². The summed E-state index contributed by atoms with van der Waals surface area (Å²) in [6.07, 6.45) is 19.9. The lowest BCUT2D eigenvalue weighted by Gasteiger charge is -2.40. The number of carbonyl (C=O) groups excluding carboxylic acids is 1. The predicted molar refractivity (Wildman–Crippen MR) is 201 cm³/mol. The zero-order chi connectivity index (χ0) is 37.7. The van der Waals surface area contributed by atoms with E-state index >= 15 is 0 Å². The highest BCUT2D eigenvalue weighted by Gasteiger charge is 2.44. The molecule has 0 radical (unpaired) electrons. The Kier molecular flexibility index (Phi) is 28.9. The van der Waals surface area contributed by atoms with Gasteiger partial charge in [0.25, 0.3) is 0 Å². The second-order valence-corrected chi connectivity index (χ2v) is 14.4. The quantitative estimate of drug-likeness (QED) is 0.0342. The molecule has 0 aromatic rings. The van der Waals surface area contributed by atoms with Crippen LogP contribution in [0.15, 0.2) is 24.3 Å². The zero-order valence-corrected chi connectivity index (χ0v) is 31.8. The van der Waals surface area contributed by atoms with Crippen molar-refractivity contribution in [2.75, 3.05) is 13.2 Å². The van der Waals surface area contributed by atoms with Gasteiger partial charge in [-0.05, 0) is 38.5 Å². The number of aliphatic hydroxyl groups is 7. The Balaban J connectivity index is 2.43. The van der Waals surface area contributed by atoms with Crippen molar-refractivity contribution in [1.29, 1.82) is 0 Å². The van der Waals surface area contributed by atoms with E-state index in [1.807, 2.05) is 0 Å². The molecule has 0 aliphatic carbocycles. The van der Waals surface area contributed by atoms with Crippen LogP contribution in [0.25, 0.3) is 0 Å². The number of nitrogens with one attached hydrogen (secondary N) is 1. The molecule has 9 unspecified atom stereocenters. The fraction of sp³-hybridized carbons (Fsp3) is 0.875. The normalized spacial score (nSPS) is 23.5. The molecule has 11 nitrogen and oxygen atoms in total. The van der Waals surface area contributed by atoms with Crippen LogP contribution in [-0.4, -0.2) is 110 Å². The fourth-order valence-electron chi connectivity index (χ4n) is 6.31. The van der Waals surface area contributed by atoms with E-state index < -0.39 is 74.2 Å². The Labute approximate surface area is 308 Å². The van der Waals surface area contributed by atoms with E-state index in [0.29, 0.717) is 19.3 Å². The number of hydrogen-bond donors (Lipinski definition) is 8. The van der Waals surface area contributed by atoms with Crippen LogP contribution in [0.3, 0.4) is 0 Å². The van der Waals surface area contributed by atoms with E-state index in [0.717, 1.165) is 57.8 Å². The summed E-state index contributed by atoms with van der Waals surface area (Å²) in [6, 6.07) is -1.16. The van der Waals surface area contributed by atoms with Crippen LogP contribution >= 0.6 is 0 Å². The maximum absolute atomic E-state index is 13.0. The van der Waals surface area contributed by atoms with Gasteiger partial charge in [0.15, 0.2) is 6.29 Å². The molecule has 11 heteroatoms. The molecule has 0 spiro atoms. The van der Waals surface area contributed by atoms with Gasteiger partial charge < -0.3 is 50.5 Å². The maximum Gasteiger partial charge on any atom is 0.249 e. The average molecular weight is 730 g/mol. The second kappa shape index (κ2) is 31.0. The van der Waals surface area contributed by atoms with E-state index in [4.69, 9.17) is 9.47 Å². The van der Waals surface area contributed by atoms with Gasteiger partial charge in [-0.15, -0.1) is 0 Å². The van der Waals surface area contributed by atoms with Gasteiger partial charge >= 0.3 is 0 Å². The summed E-state index contributed by atoms with van der Waals surface area (Å²) in [5.74, 6) is -0.707. The Morgan fingerprint density at radius 1 is 0.686 bits per heavy atom. The van der Waals surface area contributed by atoms with Crippen molar-refractivity contribution in [3.8, 4) is 0 Å². The van der Waals surface area contributed by atoms with Gasteiger partial charge in [0.1, 0.15) is 36.6 Å². The molecule has 1 heterocycles. The van der Waals surface area contributed by atoms with Crippen LogP contribution < -0.4 is 5.32 Å². The molecular weight excluding hydrogens is 654 g/mol. The van der Waals surface area contributed by atoms with Gasteiger partial charge in [-0.3, -0.25) is 4.79 Å². The average Bonchev–Trinajstić information content (AvgIpc) is 3.13. The maximum atomic E-state index is 13.0. The number of carbonyl (C=O) groups is 1. The Bertz CT molecular complexity index is 887. The second-order valence-electron chi connectivity index (χ2n) is 14.4. The molecule has 0 aromatic heterocycles. The summed E-state index contributed by atoms with van der Waals surface area (Å²) in [5, 5.41) is 74.9. The molecule has 0 aromatic carbocycles. The van der Waals surface area contributed by atoms with Crippen LogP contribution in [0, 0.1) is 0 Å². The summed E-state index contributed by atoms with van der Waals surface area (Å²) in [6.45, 7) is 3.30. The van der Waals surface area contributed by atoms with Crippen molar-refractivity contribution in [3.63, 3.8) is 0 Å². The third-order valence-electron chi connectivity index (χ3n) is 9.78. The largest absolute Gasteiger partial charge is 0.394 e. The molecule has 1 aliphatic rings. The van der Waals surface area contributed by atoms with Gasteiger partial charge in [-0.25, -0.2) is 0 Å². The Morgan fingerprint density at radius 3 is 1.75 bits per heavy atom. The Hall–Kier alpha value is -1.41. The van der Waals surface area contributed by atoms with Gasteiger partial charge in [0.2, 0.25) is 5.91 Å².